The third-order valence-electron chi connectivity index (χ3n) is 6.68. The van der Waals surface area contributed by atoms with Gasteiger partial charge in [-0.1, -0.05) is 6.92 Å². The van der Waals surface area contributed by atoms with Crippen LogP contribution in [0.25, 0.3) is 16.7 Å². The van der Waals surface area contributed by atoms with Crippen molar-refractivity contribution < 1.29 is 19.4 Å². The summed E-state index contributed by atoms with van der Waals surface area (Å²) >= 11 is 3.49. The fourth-order valence-corrected chi connectivity index (χ4v) is 5.28. The quantitative estimate of drug-likeness (QED) is 0.429. The number of aliphatic hydroxyl groups excluding tert-OH is 1. The van der Waals surface area contributed by atoms with Gasteiger partial charge < -0.3 is 25.4 Å². The predicted molar refractivity (Wildman–Crippen MR) is 133 cm³/mol. The number of halogens is 1. The lowest BCUT2D eigenvalue weighted by Crippen LogP contribution is -2.40. The minimum atomic E-state index is -0.407. The first-order valence-corrected chi connectivity index (χ1v) is 12.2. The van der Waals surface area contributed by atoms with Crippen LogP contribution in [0.3, 0.4) is 0 Å². The first kappa shape index (κ1) is 23.5. The highest BCUT2D eigenvalue weighted by molar-refractivity contribution is 9.10. The van der Waals surface area contributed by atoms with Crippen LogP contribution < -0.4 is 20.3 Å². The summed E-state index contributed by atoms with van der Waals surface area (Å²) in [6.07, 6.45) is 4.05. The number of rotatable bonds is 6. The van der Waals surface area contributed by atoms with Gasteiger partial charge in [0.25, 0.3) is 5.91 Å². The topological polar surface area (TPSA) is 134 Å². The molecule has 0 bridgehead atoms. The van der Waals surface area contributed by atoms with Crippen molar-refractivity contribution in [1.29, 1.82) is 0 Å². The number of anilines is 2. The molecule has 0 radical (unpaired) electrons. The molecule has 0 saturated heterocycles. The Balaban J connectivity index is 1.45. The second kappa shape index (κ2) is 9.08. The highest BCUT2D eigenvalue weighted by Crippen LogP contribution is 2.39. The van der Waals surface area contributed by atoms with E-state index in [-0.39, 0.29) is 37.6 Å². The summed E-state index contributed by atoms with van der Waals surface area (Å²) in [6.45, 7) is 1.95. The van der Waals surface area contributed by atoms with Gasteiger partial charge in [-0.15, -0.1) is 0 Å². The Morgan fingerprint density at radius 1 is 1.40 bits per heavy atom. The molecule has 1 aromatic carbocycles. The van der Waals surface area contributed by atoms with E-state index < -0.39 is 5.41 Å². The smallest absolute Gasteiger partial charge is 0.265 e. The zero-order valence-corrected chi connectivity index (χ0v) is 21.0. The molecular weight excluding hydrogens is 518 g/mol. The number of aromatic nitrogens is 4. The van der Waals surface area contributed by atoms with Crippen LogP contribution in [0.2, 0.25) is 0 Å². The Bertz CT molecular complexity index is 1310. The lowest BCUT2D eigenvalue weighted by atomic mass is 9.87. The second-order valence-electron chi connectivity index (χ2n) is 9.07. The molecular formula is C23H26BrN7O4. The molecule has 0 unspecified atom stereocenters. The van der Waals surface area contributed by atoms with Crippen LogP contribution in [0, 0.1) is 5.41 Å². The summed E-state index contributed by atoms with van der Waals surface area (Å²) in [5.41, 5.74) is 1.50. The molecule has 12 heteroatoms. The summed E-state index contributed by atoms with van der Waals surface area (Å²) in [5.74, 6) is 0.844. The molecule has 3 aromatic rings. The molecule has 1 aliphatic carbocycles. The van der Waals surface area contributed by atoms with Crippen molar-refractivity contribution in [2.45, 2.75) is 32.2 Å². The van der Waals surface area contributed by atoms with Gasteiger partial charge in [-0.25, -0.2) is 9.67 Å². The molecule has 1 saturated carbocycles. The van der Waals surface area contributed by atoms with Crippen LogP contribution in [-0.2, 0) is 9.59 Å². The lowest BCUT2D eigenvalue weighted by Gasteiger charge is -2.29. The van der Waals surface area contributed by atoms with Gasteiger partial charge in [-0.3, -0.25) is 9.59 Å². The van der Waals surface area contributed by atoms with E-state index >= 15 is 0 Å². The van der Waals surface area contributed by atoms with Gasteiger partial charge >= 0.3 is 0 Å². The second-order valence-corrected chi connectivity index (χ2v) is 9.82. The number of hydrogen-bond acceptors (Lipinski definition) is 8. The first-order valence-electron chi connectivity index (χ1n) is 11.4. The molecule has 1 fully saturated rings. The molecule has 3 heterocycles. The molecule has 2 aromatic heterocycles. The maximum Gasteiger partial charge on any atom is 0.265 e. The molecule has 184 valence electrons. The Kier molecular flexibility index (Phi) is 6.09. The fourth-order valence-electron chi connectivity index (χ4n) is 4.84. The van der Waals surface area contributed by atoms with Crippen LogP contribution in [0.1, 0.15) is 26.2 Å². The van der Waals surface area contributed by atoms with Crippen LogP contribution in [0.5, 0.6) is 5.75 Å². The number of hydrogen-bond donors (Lipinski definition) is 3. The van der Waals surface area contributed by atoms with Gasteiger partial charge in [-0.2, -0.15) is 10.1 Å². The molecule has 5 rings (SSSR count). The average Bonchev–Trinajstić information content (AvgIpc) is 3.40. The Morgan fingerprint density at radius 3 is 3.00 bits per heavy atom. The fraction of sp³-hybridized carbons (Fsp3) is 0.435. The lowest BCUT2D eigenvalue weighted by molar-refractivity contribution is -0.129. The van der Waals surface area contributed by atoms with E-state index in [1.54, 1.807) is 30.1 Å². The van der Waals surface area contributed by atoms with E-state index in [1.165, 1.54) is 4.90 Å². The SMILES string of the molecule is CNC(=O)[C@]1(C)CC[C@@H](Nc2ncc3c(Br)nn(-c4ccc5c(c4)OCC(=O)N5CCO)c3n2)C1. The first-order chi connectivity index (χ1) is 16.8. The summed E-state index contributed by atoms with van der Waals surface area (Å²) in [5, 5.41) is 20.8. The summed E-state index contributed by atoms with van der Waals surface area (Å²) in [4.78, 5) is 35.1. The van der Waals surface area contributed by atoms with Gasteiger partial charge in [0.15, 0.2) is 12.3 Å². The van der Waals surface area contributed by atoms with Crippen molar-refractivity contribution in [3.63, 3.8) is 0 Å². The van der Waals surface area contributed by atoms with Crippen LogP contribution in [0.15, 0.2) is 29.0 Å². The van der Waals surface area contributed by atoms with E-state index in [4.69, 9.17) is 9.72 Å². The zero-order valence-electron chi connectivity index (χ0n) is 19.4. The van der Waals surface area contributed by atoms with Gasteiger partial charge in [0.1, 0.15) is 10.4 Å². The van der Waals surface area contributed by atoms with Gasteiger partial charge in [-0.05, 0) is 47.3 Å². The molecule has 2 amide bonds. The minimum absolute atomic E-state index is 0.0501. The largest absolute Gasteiger partial charge is 0.481 e. The van der Waals surface area contributed by atoms with Crippen molar-refractivity contribution in [3.8, 4) is 11.4 Å². The normalized spacial score (nSPS) is 21.7. The number of amides is 2. The highest BCUT2D eigenvalue weighted by Gasteiger charge is 2.41. The summed E-state index contributed by atoms with van der Waals surface area (Å²) in [7, 11) is 1.66. The predicted octanol–water partition coefficient (Wildman–Crippen LogP) is 2.01. The number of ether oxygens (including phenoxy) is 1. The monoisotopic (exact) mass is 543 g/mol. The number of fused-ring (bicyclic) bond motifs is 2. The van der Waals surface area contributed by atoms with Crippen molar-refractivity contribution in [2.75, 3.05) is 37.0 Å². The van der Waals surface area contributed by atoms with Gasteiger partial charge in [0.2, 0.25) is 11.9 Å². The maximum atomic E-state index is 12.3. The van der Waals surface area contributed by atoms with Crippen molar-refractivity contribution >= 4 is 50.4 Å². The van der Waals surface area contributed by atoms with Crippen molar-refractivity contribution in [3.05, 3.63) is 29.0 Å². The van der Waals surface area contributed by atoms with E-state index in [2.05, 4.69) is 36.6 Å². The van der Waals surface area contributed by atoms with Crippen LogP contribution >= 0.6 is 15.9 Å². The molecule has 3 N–H and O–H groups in total. The molecule has 35 heavy (non-hydrogen) atoms. The third kappa shape index (κ3) is 4.20. The van der Waals surface area contributed by atoms with Gasteiger partial charge in [0, 0.05) is 37.3 Å². The number of benzene rings is 1. The van der Waals surface area contributed by atoms with Gasteiger partial charge in [0.05, 0.1) is 23.4 Å². The molecule has 11 nitrogen and oxygen atoms in total. The van der Waals surface area contributed by atoms with Crippen LogP contribution in [-0.4, -0.2) is 69.5 Å². The van der Waals surface area contributed by atoms with E-state index in [1.807, 2.05) is 13.0 Å². The van der Waals surface area contributed by atoms with E-state index in [0.717, 1.165) is 18.2 Å². The summed E-state index contributed by atoms with van der Waals surface area (Å²) < 4.78 is 7.94. The zero-order chi connectivity index (χ0) is 24.7. The number of nitrogens with zero attached hydrogens (tertiary/aromatic N) is 5. The number of aliphatic hydroxyl groups is 1. The Labute approximate surface area is 210 Å². The van der Waals surface area contributed by atoms with Crippen LogP contribution in [0.4, 0.5) is 11.6 Å². The van der Waals surface area contributed by atoms with Crippen molar-refractivity contribution in [2.24, 2.45) is 5.41 Å². The maximum absolute atomic E-state index is 12.3. The standard InChI is InChI=1S/C23H26BrN7O4/c1-23(21(34)25-2)6-5-13(10-23)27-22-26-11-15-19(24)29-31(20(15)28-22)14-3-4-16-17(9-14)35-12-18(33)30(16)7-8-32/h3-4,9,11,13,32H,5-8,10,12H2,1-2H3,(H,25,34)(H,26,27,28)/t13-,23-/m1/s1. The van der Waals surface area contributed by atoms with Crippen molar-refractivity contribution in [1.82, 2.24) is 25.1 Å². The minimum Gasteiger partial charge on any atom is -0.481 e. The Morgan fingerprint density at radius 2 is 2.23 bits per heavy atom. The Hall–Kier alpha value is -3.25. The van der Waals surface area contributed by atoms with E-state index in [0.29, 0.717) is 39.7 Å². The van der Waals surface area contributed by atoms with E-state index in [9.17, 15) is 14.7 Å². The molecule has 1 aliphatic heterocycles. The number of β-amino-alcohol motifs (C(OH)–C–C–N with tert-alkyl or cyclic N) is 1. The molecule has 2 atom stereocenters. The number of nitrogens with one attached hydrogen (secondary N) is 2. The highest BCUT2D eigenvalue weighted by atomic mass is 79.9. The summed E-state index contributed by atoms with van der Waals surface area (Å²) in [6, 6.07) is 5.48. The number of carbonyl (C=O) groups excluding carboxylic acids is 2. The third-order valence-corrected chi connectivity index (χ3v) is 7.27. The molecule has 2 aliphatic rings. The number of carbonyl (C=O) groups is 2. The molecule has 0 spiro atoms. The average molecular weight is 544 g/mol.